The van der Waals surface area contributed by atoms with Crippen LogP contribution in [0.1, 0.15) is 51.5 Å². The molecule has 164 valence electrons. The number of rotatable bonds is 8. The highest BCUT2D eigenvalue weighted by Crippen LogP contribution is 2.41. The van der Waals surface area contributed by atoms with Gasteiger partial charge in [0, 0.05) is 49.2 Å². The van der Waals surface area contributed by atoms with E-state index in [4.69, 9.17) is 16.3 Å². The summed E-state index contributed by atoms with van der Waals surface area (Å²) in [6.45, 7) is 11.1. The van der Waals surface area contributed by atoms with E-state index in [0.29, 0.717) is 24.1 Å². The molecular formula is C22H36ClIN4O. The van der Waals surface area contributed by atoms with E-state index in [0.717, 1.165) is 63.0 Å². The zero-order chi connectivity index (χ0) is 19.9. The van der Waals surface area contributed by atoms with Crippen LogP contribution < -0.4 is 10.6 Å². The van der Waals surface area contributed by atoms with Crippen LogP contribution in [0.2, 0.25) is 5.02 Å². The topological polar surface area (TPSA) is 48.9 Å². The second-order valence-corrected chi connectivity index (χ2v) is 8.59. The highest BCUT2D eigenvalue weighted by Gasteiger charge is 2.39. The van der Waals surface area contributed by atoms with Crippen LogP contribution in [-0.4, -0.2) is 61.8 Å². The van der Waals surface area contributed by atoms with E-state index in [1.807, 2.05) is 12.1 Å². The van der Waals surface area contributed by atoms with Gasteiger partial charge in [0.1, 0.15) is 0 Å². The summed E-state index contributed by atoms with van der Waals surface area (Å²) in [7, 11) is 0. The van der Waals surface area contributed by atoms with Crippen LogP contribution in [0, 0.1) is 0 Å². The van der Waals surface area contributed by atoms with Crippen LogP contribution in [0.15, 0.2) is 29.3 Å². The van der Waals surface area contributed by atoms with E-state index in [9.17, 15) is 0 Å². The van der Waals surface area contributed by atoms with Crippen LogP contribution in [-0.2, 0) is 4.74 Å². The molecule has 0 amide bonds. The molecule has 1 aromatic rings. The maximum atomic E-state index is 6.14. The van der Waals surface area contributed by atoms with Crippen molar-refractivity contribution in [2.24, 2.45) is 4.99 Å². The fraction of sp³-hybridized carbons (Fsp3) is 0.682. The lowest BCUT2D eigenvalue weighted by Crippen LogP contribution is -2.49. The number of aliphatic imine (C=N–C) groups is 1. The first-order chi connectivity index (χ1) is 13.5. The van der Waals surface area contributed by atoms with Crippen LogP contribution in [0.25, 0.3) is 0 Å². The van der Waals surface area contributed by atoms with E-state index >= 15 is 0 Å². The summed E-state index contributed by atoms with van der Waals surface area (Å²) in [5.41, 5.74) is 1.32. The van der Waals surface area contributed by atoms with Crippen molar-refractivity contribution in [3.63, 3.8) is 0 Å². The van der Waals surface area contributed by atoms with Crippen molar-refractivity contribution in [1.29, 1.82) is 0 Å². The molecule has 1 aliphatic carbocycles. The summed E-state index contributed by atoms with van der Waals surface area (Å²) in [6, 6.07) is 9.15. The summed E-state index contributed by atoms with van der Waals surface area (Å²) in [5, 5.41) is 8.10. The minimum absolute atomic E-state index is 0. The number of likely N-dealkylation sites (tertiary alicyclic amines) is 1. The van der Waals surface area contributed by atoms with Gasteiger partial charge in [-0.2, -0.15) is 0 Å². The number of hydrogen-bond acceptors (Lipinski definition) is 3. The molecule has 3 rings (SSSR count). The summed E-state index contributed by atoms with van der Waals surface area (Å²) in [5.74, 6) is 1.49. The van der Waals surface area contributed by atoms with Crippen molar-refractivity contribution in [3.8, 4) is 0 Å². The Morgan fingerprint density at radius 3 is 2.69 bits per heavy atom. The molecule has 2 aliphatic rings. The Balaban J connectivity index is 0.00000300. The number of hydrogen-bond donors (Lipinski definition) is 2. The summed E-state index contributed by atoms with van der Waals surface area (Å²) >= 11 is 6.14. The van der Waals surface area contributed by atoms with Gasteiger partial charge in [-0.1, -0.05) is 23.7 Å². The molecule has 0 aromatic heterocycles. The monoisotopic (exact) mass is 534 g/mol. The zero-order valence-electron chi connectivity index (χ0n) is 17.9. The first-order valence-corrected chi connectivity index (χ1v) is 11.1. The standard InChI is InChI=1S/C22H35ClN4O.HI/c1-4-24-22(26-21-15-20(21)17-6-5-7-18(23)14-17)25-19-8-10-27(11-9-19)12-13-28-16(2)3;/h5-7,14,16,19-21H,4,8-13,15H2,1-3H3,(H2,24,25,26);1H. The second-order valence-electron chi connectivity index (χ2n) is 8.15. The molecule has 2 N–H and O–H groups in total. The molecule has 2 fully saturated rings. The van der Waals surface area contributed by atoms with Crippen LogP contribution >= 0.6 is 35.6 Å². The van der Waals surface area contributed by atoms with Gasteiger partial charge < -0.3 is 20.3 Å². The minimum atomic E-state index is 0. The zero-order valence-corrected chi connectivity index (χ0v) is 21.0. The van der Waals surface area contributed by atoms with Crippen molar-refractivity contribution >= 4 is 41.5 Å². The summed E-state index contributed by atoms with van der Waals surface area (Å²) in [6.07, 6.45) is 3.75. The SMILES string of the molecule is CCN=C(NC1CCN(CCOC(C)C)CC1)NC1CC1c1cccc(Cl)c1.I. The molecule has 2 atom stereocenters. The van der Waals surface area contributed by atoms with Gasteiger partial charge in [0.05, 0.1) is 12.7 Å². The Morgan fingerprint density at radius 2 is 2.03 bits per heavy atom. The van der Waals surface area contributed by atoms with E-state index in [2.05, 4.69) is 53.4 Å². The van der Waals surface area contributed by atoms with E-state index in [-0.39, 0.29) is 24.0 Å². The quantitative estimate of drug-likeness (QED) is 0.297. The Hall–Kier alpha value is -0.570. The van der Waals surface area contributed by atoms with Crippen LogP contribution in [0.4, 0.5) is 0 Å². The molecule has 0 radical (unpaired) electrons. The highest BCUT2D eigenvalue weighted by molar-refractivity contribution is 14.0. The van der Waals surface area contributed by atoms with Gasteiger partial charge >= 0.3 is 0 Å². The highest BCUT2D eigenvalue weighted by atomic mass is 127. The second kappa shape index (κ2) is 12.3. The summed E-state index contributed by atoms with van der Waals surface area (Å²) in [4.78, 5) is 7.17. The third kappa shape index (κ3) is 8.23. The van der Waals surface area contributed by atoms with E-state index in [1.54, 1.807) is 0 Å². The Labute approximate surface area is 198 Å². The molecule has 29 heavy (non-hydrogen) atoms. The Bertz CT molecular complexity index is 649. The van der Waals surface area contributed by atoms with Gasteiger partial charge in [0.15, 0.2) is 5.96 Å². The average molecular weight is 535 g/mol. The van der Waals surface area contributed by atoms with Gasteiger partial charge in [-0.15, -0.1) is 24.0 Å². The van der Waals surface area contributed by atoms with Gasteiger partial charge in [0.25, 0.3) is 0 Å². The predicted molar refractivity (Wildman–Crippen MR) is 133 cm³/mol. The number of guanidine groups is 1. The molecule has 0 bridgehead atoms. The van der Waals surface area contributed by atoms with Gasteiger partial charge in [-0.3, -0.25) is 4.99 Å². The lowest BCUT2D eigenvalue weighted by molar-refractivity contribution is 0.0532. The minimum Gasteiger partial charge on any atom is -0.377 e. The Kier molecular flexibility index (Phi) is 10.5. The normalized spacial score (nSPS) is 23.0. The first kappa shape index (κ1) is 24.7. The molecule has 1 aromatic carbocycles. The van der Waals surface area contributed by atoms with Crippen LogP contribution in [0.3, 0.4) is 0 Å². The molecule has 0 spiro atoms. The number of nitrogens with one attached hydrogen (secondary N) is 2. The Morgan fingerprint density at radius 1 is 1.28 bits per heavy atom. The molecule has 1 aliphatic heterocycles. The first-order valence-electron chi connectivity index (χ1n) is 10.7. The third-order valence-corrected chi connectivity index (χ3v) is 5.73. The number of halogens is 2. The fourth-order valence-electron chi connectivity index (χ4n) is 3.84. The molecule has 7 heteroatoms. The molecule has 2 unspecified atom stereocenters. The van der Waals surface area contributed by atoms with Gasteiger partial charge in [-0.05, 0) is 57.7 Å². The van der Waals surface area contributed by atoms with Crippen molar-refractivity contribution < 1.29 is 4.74 Å². The summed E-state index contributed by atoms with van der Waals surface area (Å²) < 4.78 is 5.68. The molecule has 5 nitrogen and oxygen atoms in total. The molecule has 1 saturated carbocycles. The van der Waals surface area contributed by atoms with E-state index in [1.165, 1.54) is 5.56 Å². The van der Waals surface area contributed by atoms with Crippen molar-refractivity contribution in [2.75, 3.05) is 32.8 Å². The maximum absolute atomic E-state index is 6.14. The smallest absolute Gasteiger partial charge is 0.191 e. The number of ether oxygens (including phenoxy) is 1. The fourth-order valence-corrected chi connectivity index (χ4v) is 4.04. The van der Waals surface area contributed by atoms with E-state index < -0.39 is 0 Å². The largest absolute Gasteiger partial charge is 0.377 e. The van der Waals surface area contributed by atoms with Gasteiger partial charge in [-0.25, -0.2) is 0 Å². The molecule has 1 heterocycles. The lowest BCUT2D eigenvalue weighted by Gasteiger charge is -2.33. The third-order valence-electron chi connectivity index (χ3n) is 5.49. The lowest BCUT2D eigenvalue weighted by atomic mass is 10.1. The van der Waals surface area contributed by atoms with Crippen LogP contribution in [0.5, 0.6) is 0 Å². The van der Waals surface area contributed by atoms with Crippen molar-refractivity contribution in [2.45, 2.75) is 64.1 Å². The number of benzene rings is 1. The molecule has 1 saturated heterocycles. The molecular weight excluding hydrogens is 499 g/mol. The number of piperidine rings is 1. The number of nitrogens with zero attached hydrogens (tertiary/aromatic N) is 2. The average Bonchev–Trinajstić information content (AvgIpc) is 3.42. The van der Waals surface area contributed by atoms with Crippen molar-refractivity contribution in [1.82, 2.24) is 15.5 Å². The predicted octanol–water partition coefficient (Wildman–Crippen LogP) is 4.26. The maximum Gasteiger partial charge on any atom is 0.191 e. The van der Waals surface area contributed by atoms with Gasteiger partial charge in [0.2, 0.25) is 0 Å². The van der Waals surface area contributed by atoms with Crippen molar-refractivity contribution in [3.05, 3.63) is 34.9 Å².